The van der Waals surface area contributed by atoms with Crippen molar-refractivity contribution in [3.63, 3.8) is 0 Å². The molecular formula is C14H20N2O3S. The summed E-state index contributed by atoms with van der Waals surface area (Å²) in [5.74, 6) is -0.187. The largest absolute Gasteiger partial charge is 0.383 e. The monoisotopic (exact) mass is 296 g/mol. The van der Waals surface area contributed by atoms with Crippen molar-refractivity contribution in [3.05, 3.63) is 22.4 Å². The van der Waals surface area contributed by atoms with Crippen molar-refractivity contribution in [2.75, 3.05) is 19.6 Å². The van der Waals surface area contributed by atoms with E-state index < -0.39 is 5.60 Å². The Bertz CT molecular complexity index is 471. The van der Waals surface area contributed by atoms with Gasteiger partial charge in [0.05, 0.1) is 13.1 Å². The molecule has 110 valence electrons. The Balaban J connectivity index is 1.81. The van der Waals surface area contributed by atoms with E-state index in [1.807, 2.05) is 17.5 Å². The van der Waals surface area contributed by atoms with Gasteiger partial charge >= 0.3 is 0 Å². The molecule has 0 spiro atoms. The summed E-state index contributed by atoms with van der Waals surface area (Å²) in [7, 11) is 0. The minimum Gasteiger partial charge on any atom is -0.383 e. The van der Waals surface area contributed by atoms with E-state index in [1.54, 1.807) is 11.8 Å². The zero-order valence-electron chi connectivity index (χ0n) is 11.6. The number of nitrogens with one attached hydrogen (secondary N) is 1. The lowest BCUT2D eigenvalue weighted by Crippen LogP contribution is -2.46. The average Bonchev–Trinajstić information content (AvgIpc) is 2.94. The number of thiophene rings is 1. The summed E-state index contributed by atoms with van der Waals surface area (Å²) in [6.07, 6.45) is 2.39. The topological polar surface area (TPSA) is 69.6 Å². The summed E-state index contributed by atoms with van der Waals surface area (Å²) < 4.78 is 0. The molecule has 2 N–H and O–H groups in total. The van der Waals surface area contributed by atoms with Crippen molar-refractivity contribution in [2.45, 2.75) is 31.8 Å². The van der Waals surface area contributed by atoms with Crippen LogP contribution < -0.4 is 5.32 Å². The lowest BCUT2D eigenvalue weighted by Gasteiger charge is -2.27. The van der Waals surface area contributed by atoms with Crippen LogP contribution in [0.4, 0.5) is 0 Å². The Morgan fingerprint density at radius 3 is 3.00 bits per heavy atom. The first-order valence-corrected chi connectivity index (χ1v) is 7.68. The Kier molecular flexibility index (Phi) is 4.77. The van der Waals surface area contributed by atoms with Gasteiger partial charge in [-0.25, -0.2) is 0 Å². The van der Waals surface area contributed by atoms with Crippen molar-refractivity contribution in [3.8, 4) is 0 Å². The molecule has 6 heteroatoms. The second-order valence-electron chi connectivity index (χ2n) is 5.30. The molecule has 0 aliphatic carbocycles. The fourth-order valence-corrected chi connectivity index (χ4v) is 2.99. The fraction of sp³-hybridized carbons (Fsp3) is 0.571. The smallest absolute Gasteiger partial charge is 0.239 e. The standard InChI is InChI=1S/C14H20N2O3S/c1-14(19,11-5-4-8-20-11)10-15-12(17)9-16-7-3-2-6-13(16)18/h4-5,8,19H,2-3,6-7,9-10H2,1H3,(H,15,17). The molecule has 0 radical (unpaired) electrons. The predicted molar refractivity (Wildman–Crippen MR) is 77.3 cm³/mol. The maximum atomic E-state index is 11.9. The summed E-state index contributed by atoms with van der Waals surface area (Å²) in [6, 6.07) is 3.70. The van der Waals surface area contributed by atoms with Gasteiger partial charge in [0.15, 0.2) is 0 Å². The van der Waals surface area contributed by atoms with Gasteiger partial charge in [0.1, 0.15) is 5.60 Å². The molecular weight excluding hydrogens is 276 g/mol. The van der Waals surface area contributed by atoms with E-state index in [0.29, 0.717) is 13.0 Å². The summed E-state index contributed by atoms with van der Waals surface area (Å²) in [6.45, 7) is 2.55. The Morgan fingerprint density at radius 2 is 2.35 bits per heavy atom. The maximum absolute atomic E-state index is 11.9. The van der Waals surface area contributed by atoms with Crippen molar-refractivity contribution in [2.24, 2.45) is 0 Å². The third kappa shape index (κ3) is 3.80. The van der Waals surface area contributed by atoms with Crippen LogP contribution in [-0.4, -0.2) is 41.5 Å². The summed E-state index contributed by atoms with van der Waals surface area (Å²) in [5, 5.41) is 14.9. The predicted octanol–water partition coefficient (Wildman–Crippen LogP) is 1.08. The highest BCUT2D eigenvalue weighted by Crippen LogP contribution is 2.24. The molecule has 0 aromatic carbocycles. The highest BCUT2D eigenvalue weighted by atomic mass is 32.1. The molecule has 1 aromatic heterocycles. The number of piperidine rings is 1. The van der Waals surface area contributed by atoms with Gasteiger partial charge in [-0.1, -0.05) is 6.07 Å². The molecule has 5 nitrogen and oxygen atoms in total. The first-order valence-electron chi connectivity index (χ1n) is 6.80. The van der Waals surface area contributed by atoms with E-state index in [-0.39, 0.29) is 24.9 Å². The summed E-state index contributed by atoms with van der Waals surface area (Å²) in [4.78, 5) is 25.9. The second-order valence-corrected chi connectivity index (χ2v) is 6.25. The molecule has 1 aromatic rings. The highest BCUT2D eigenvalue weighted by Gasteiger charge is 2.26. The number of amides is 2. The normalized spacial score (nSPS) is 18.7. The Hall–Kier alpha value is -1.40. The first kappa shape index (κ1) is 15.0. The number of carbonyl (C=O) groups excluding carboxylic acids is 2. The van der Waals surface area contributed by atoms with Gasteiger partial charge < -0.3 is 15.3 Å². The Labute approximate surface area is 122 Å². The van der Waals surface area contributed by atoms with E-state index >= 15 is 0 Å². The number of aliphatic hydroxyl groups is 1. The van der Waals surface area contributed by atoms with Gasteiger partial charge in [-0.05, 0) is 31.2 Å². The van der Waals surface area contributed by atoms with E-state index in [0.717, 1.165) is 17.7 Å². The van der Waals surface area contributed by atoms with Gasteiger partial charge in [0.2, 0.25) is 11.8 Å². The second kappa shape index (κ2) is 6.37. The number of carbonyl (C=O) groups is 2. The summed E-state index contributed by atoms with van der Waals surface area (Å²) >= 11 is 1.45. The van der Waals surface area contributed by atoms with E-state index in [9.17, 15) is 14.7 Å². The van der Waals surface area contributed by atoms with Gasteiger partial charge in [-0.2, -0.15) is 0 Å². The maximum Gasteiger partial charge on any atom is 0.239 e. The van der Waals surface area contributed by atoms with Gasteiger partial charge in [-0.15, -0.1) is 11.3 Å². The van der Waals surface area contributed by atoms with Crippen LogP contribution in [0.1, 0.15) is 31.1 Å². The SMILES string of the molecule is CC(O)(CNC(=O)CN1CCCCC1=O)c1cccs1. The number of hydrogen-bond donors (Lipinski definition) is 2. The lowest BCUT2D eigenvalue weighted by atomic mass is 10.1. The van der Waals surface area contributed by atoms with E-state index in [2.05, 4.69) is 5.32 Å². The van der Waals surface area contributed by atoms with Crippen LogP contribution in [0.25, 0.3) is 0 Å². The number of hydrogen-bond acceptors (Lipinski definition) is 4. The number of nitrogens with zero attached hydrogens (tertiary/aromatic N) is 1. The molecule has 20 heavy (non-hydrogen) atoms. The van der Waals surface area contributed by atoms with Gasteiger partial charge in [-0.3, -0.25) is 9.59 Å². The van der Waals surface area contributed by atoms with Gasteiger partial charge in [0, 0.05) is 17.8 Å². The third-order valence-electron chi connectivity index (χ3n) is 3.44. The number of likely N-dealkylation sites (tertiary alicyclic amines) is 1. The first-order chi connectivity index (χ1) is 9.49. The average molecular weight is 296 g/mol. The lowest BCUT2D eigenvalue weighted by molar-refractivity contribution is -0.138. The highest BCUT2D eigenvalue weighted by molar-refractivity contribution is 7.10. The molecule has 2 heterocycles. The van der Waals surface area contributed by atoms with Crippen LogP contribution in [0, 0.1) is 0 Å². The summed E-state index contributed by atoms with van der Waals surface area (Å²) in [5.41, 5.74) is -1.07. The van der Waals surface area contributed by atoms with Crippen molar-refractivity contribution in [1.29, 1.82) is 0 Å². The van der Waals surface area contributed by atoms with Crippen LogP contribution in [0.3, 0.4) is 0 Å². The molecule has 0 bridgehead atoms. The van der Waals surface area contributed by atoms with Crippen LogP contribution in [0.15, 0.2) is 17.5 Å². The number of rotatable bonds is 5. The minimum atomic E-state index is -1.07. The zero-order chi connectivity index (χ0) is 14.6. The van der Waals surface area contributed by atoms with Crippen molar-refractivity contribution >= 4 is 23.2 Å². The van der Waals surface area contributed by atoms with Crippen molar-refractivity contribution < 1.29 is 14.7 Å². The van der Waals surface area contributed by atoms with Crippen LogP contribution in [-0.2, 0) is 15.2 Å². The van der Waals surface area contributed by atoms with Gasteiger partial charge in [0.25, 0.3) is 0 Å². The molecule has 2 amide bonds. The minimum absolute atomic E-state index is 0.0383. The molecule has 2 rings (SSSR count). The van der Waals surface area contributed by atoms with Crippen LogP contribution in [0.2, 0.25) is 0 Å². The van der Waals surface area contributed by atoms with Crippen LogP contribution in [0.5, 0.6) is 0 Å². The molecule has 1 aliphatic rings. The Morgan fingerprint density at radius 1 is 1.55 bits per heavy atom. The third-order valence-corrected chi connectivity index (χ3v) is 4.56. The van der Waals surface area contributed by atoms with E-state index in [1.165, 1.54) is 11.3 Å². The molecule has 1 fully saturated rings. The zero-order valence-corrected chi connectivity index (χ0v) is 12.4. The molecule has 1 saturated heterocycles. The quantitative estimate of drug-likeness (QED) is 0.854. The fourth-order valence-electron chi connectivity index (χ4n) is 2.20. The van der Waals surface area contributed by atoms with E-state index in [4.69, 9.17) is 0 Å². The van der Waals surface area contributed by atoms with Crippen molar-refractivity contribution in [1.82, 2.24) is 10.2 Å². The van der Waals surface area contributed by atoms with Crippen LogP contribution >= 0.6 is 11.3 Å². The molecule has 0 saturated carbocycles. The molecule has 1 atom stereocenters. The molecule has 1 aliphatic heterocycles. The molecule has 1 unspecified atom stereocenters.